The van der Waals surface area contributed by atoms with Gasteiger partial charge in [0.05, 0.1) is 12.1 Å². The average Bonchev–Trinajstić information content (AvgIpc) is 3.20. The second-order valence-corrected chi connectivity index (χ2v) is 5.94. The van der Waals surface area contributed by atoms with Gasteiger partial charge in [-0.1, -0.05) is 30.3 Å². The van der Waals surface area contributed by atoms with Gasteiger partial charge in [-0.3, -0.25) is 9.48 Å². The van der Waals surface area contributed by atoms with Crippen molar-refractivity contribution in [3.05, 3.63) is 53.9 Å². The molecular weight excluding hydrogens is 310 g/mol. The summed E-state index contributed by atoms with van der Waals surface area (Å²) in [5, 5.41) is 13.5. The number of carbonyl (C=O) groups is 2. The normalized spacial score (nSPS) is 20.1. The SMILES string of the molecule is Cn1cc(C2CN(C(=O)OCc3ccccc3)CC2C(=O)O)cn1. The van der Waals surface area contributed by atoms with Crippen LogP contribution in [0, 0.1) is 5.92 Å². The van der Waals surface area contributed by atoms with Gasteiger partial charge >= 0.3 is 12.1 Å². The molecule has 2 unspecified atom stereocenters. The minimum Gasteiger partial charge on any atom is -0.481 e. The molecule has 7 heteroatoms. The molecule has 0 bridgehead atoms. The van der Waals surface area contributed by atoms with Gasteiger partial charge in [0.1, 0.15) is 6.61 Å². The Hall–Kier alpha value is -2.83. The molecule has 1 aliphatic rings. The van der Waals surface area contributed by atoms with Gasteiger partial charge in [0, 0.05) is 32.3 Å². The standard InChI is InChI=1S/C17H19N3O4/c1-19-8-13(7-18-19)14-9-20(10-15(14)16(21)22)17(23)24-11-12-5-3-2-4-6-12/h2-8,14-15H,9-11H2,1H3,(H,21,22). The fraction of sp³-hybridized carbons (Fsp3) is 0.353. The Morgan fingerprint density at radius 2 is 2.04 bits per heavy atom. The number of carbonyl (C=O) groups excluding carboxylic acids is 1. The van der Waals surface area contributed by atoms with Crippen LogP contribution in [0.15, 0.2) is 42.7 Å². The predicted octanol–water partition coefficient (Wildman–Crippen LogP) is 1.86. The number of aryl methyl sites for hydroxylation is 1. The quantitative estimate of drug-likeness (QED) is 0.925. The minimum atomic E-state index is -0.915. The Balaban J connectivity index is 1.66. The molecule has 1 aromatic carbocycles. The Morgan fingerprint density at radius 3 is 2.67 bits per heavy atom. The smallest absolute Gasteiger partial charge is 0.410 e. The number of aliphatic carboxylic acids is 1. The maximum Gasteiger partial charge on any atom is 0.410 e. The number of aromatic nitrogens is 2. The van der Waals surface area contributed by atoms with E-state index in [-0.39, 0.29) is 19.1 Å². The highest BCUT2D eigenvalue weighted by Crippen LogP contribution is 2.33. The summed E-state index contributed by atoms with van der Waals surface area (Å²) in [6.45, 7) is 0.629. The second kappa shape index (κ2) is 6.74. The summed E-state index contributed by atoms with van der Waals surface area (Å²) in [4.78, 5) is 25.3. The lowest BCUT2D eigenvalue weighted by Gasteiger charge is -2.16. The minimum absolute atomic E-state index is 0.141. The third kappa shape index (κ3) is 3.40. The van der Waals surface area contributed by atoms with E-state index in [1.54, 1.807) is 24.1 Å². The van der Waals surface area contributed by atoms with Crippen molar-refractivity contribution in [3.8, 4) is 0 Å². The summed E-state index contributed by atoms with van der Waals surface area (Å²) in [7, 11) is 1.78. The molecule has 7 nitrogen and oxygen atoms in total. The van der Waals surface area contributed by atoms with Crippen LogP contribution in [0.25, 0.3) is 0 Å². The van der Waals surface area contributed by atoms with Crippen LogP contribution in [0.1, 0.15) is 17.0 Å². The average molecular weight is 329 g/mol. The molecule has 2 heterocycles. The third-order valence-corrected chi connectivity index (χ3v) is 4.25. The molecule has 0 aliphatic carbocycles. The maximum absolute atomic E-state index is 12.3. The number of benzene rings is 1. The molecule has 1 N–H and O–H groups in total. The number of rotatable bonds is 4. The highest BCUT2D eigenvalue weighted by molar-refractivity contribution is 5.75. The van der Waals surface area contributed by atoms with Gasteiger partial charge in [-0.2, -0.15) is 5.10 Å². The van der Waals surface area contributed by atoms with Crippen molar-refractivity contribution in [2.75, 3.05) is 13.1 Å². The van der Waals surface area contributed by atoms with E-state index in [4.69, 9.17) is 4.74 Å². The molecule has 1 aromatic heterocycles. The van der Waals surface area contributed by atoms with E-state index in [0.717, 1.165) is 11.1 Å². The highest BCUT2D eigenvalue weighted by atomic mass is 16.6. The number of hydrogen-bond donors (Lipinski definition) is 1. The molecule has 3 rings (SSSR count). The fourth-order valence-corrected chi connectivity index (χ4v) is 2.98. The summed E-state index contributed by atoms with van der Waals surface area (Å²) in [5.74, 6) is -1.85. The molecule has 2 aromatic rings. The molecular formula is C17H19N3O4. The van der Waals surface area contributed by atoms with Crippen molar-refractivity contribution in [1.82, 2.24) is 14.7 Å². The van der Waals surface area contributed by atoms with Gasteiger partial charge in [-0.25, -0.2) is 4.79 Å². The van der Waals surface area contributed by atoms with Crippen molar-refractivity contribution in [3.63, 3.8) is 0 Å². The fourth-order valence-electron chi connectivity index (χ4n) is 2.98. The summed E-state index contributed by atoms with van der Waals surface area (Å²) < 4.78 is 6.93. The van der Waals surface area contributed by atoms with Gasteiger partial charge in [0.25, 0.3) is 0 Å². The van der Waals surface area contributed by atoms with Gasteiger partial charge < -0.3 is 14.7 Å². The van der Waals surface area contributed by atoms with E-state index < -0.39 is 18.0 Å². The first kappa shape index (κ1) is 16.0. The van der Waals surface area contributed by atoms with Crippen LogP contribution < -0.4 is 0 Å². The lowest BCUT2D eigenvalue weighted by atomic mass is 9.91. The summed E-state index contributed by atoms with van der Waals surface area (Å²) in [6.07, 6.45) is 2.95. The van der Waals surface area contributed by atoms with Gasteiger partial charge in [0.2, 0.25) is 0 Å². The largest absolute Gasteiger partial charge is 0.481 e. The molecule has 0 radical (unpaired) electrons. The van der Waals surface area contributed by atoms with Crippen LogP contribution in [0.4, 0.5) is 4.79 Å². The summed E-state index contributed by atoms with van der Waals surface area (Å²) >= 11 is 0. The zero-order valence-corrected chi connectivity index (χ0v) is 13.3. The third-order valence-electron chi connectivity index (χ3n) is 4.25. The van der Waals surface area contributed by atoms with Crippen LogP contribution in [0.2, 0.25) is 0 Å². The molecule has 1 amide bonds. The van der Waals surface area contributed by atoms with Crippen molar-refractivity contribution in [1.29, 1.82) is 0 Å². The van der Waals surface area contributed by atoms with Crippen LogP contribution >= 0.6 is 0 Å². The maximum atomic E-state index is 12.3. The number of nitrogens with zero attached hydrogens (tertiary/aromatic N) is 3. The Morgan fingerprint density at radius 1 is 1.29 bits per heavy atom. The van der Waals surface area contributed by atoms with Crippen LogP contribution in [-0.4, -0.2) is 44.9 Å². The topological polar surface area (TPSA) is 84.7 Å². The number of amides is 1. The van der Waals surface area contributed by atoms with Crippen LogP contribution in [0.5, 0.6) is 0 Å². The van der Waals surface area contributed by atoms with Gasteiger partial charge in [-0.05, 0) is 11.1 Å². The summed E-state index contributed by atoms with van der Waals surface area (Å²) in [6, 6.07) is 9.38. The van der Waals surface area contributed by atoms with E-state index in [0.29, 0.717) is 6.54 Å². The highest BCUT2D eigenvalue weighted by Gasteiger charge is 2.41. The second-order valence-electron chi connectivity index (χ2n) is 5.94. The van der Waals surface area contributed by atoms with E-state index in [2.05, 4.69) is 5.10 Å². The van der Waals surface area contributed by atoms with E-state index in [9.17, 15) is 14.7 Å². The number of carboxylic acids is 1. The Labute approximate surface area is 139 Å². The van der Waals surface area contributed by atoms with E-state index in [1.807, 2.05) is 30.3 Å². The molecule has 0 spiro atoms. The number of likely N-dealkylation sites (tertiary alicyclic amines) is 1. The number of hydrogen-bond acceptors (Lipinski definition) is 4. The van der Waals surface area contributed by atoms with E-state index >= 15 is 0 Å². The first-order chi connectivity index (χ1) is 11.5. The van der Waals surface area contributed by atoms with Gasteiger partial charge in [0.15, 0.2) is 0 Å². The van der Waals surface area contributed by atoms with Crippen LogP contribution in [-0.2, 0) is 23.2 Å². The monoisotopic (exact) mass is 329 g/mol. The first-order valence-corrected chi connectivity index (χ1v) is 7.71. The molecule has 2 atom stereocenters. The zero-order valence-electron chi connectivity index (χ0n) is 13.3. The summed E-state index contributed by atoms with van der Waals surface area (Å²) in [5.41, 5.74) is 1.71. The predicted molar refractivity (Wildman–Crippen MR) is 85.3 cm³/mol. The van der Waals surface area contributed by atoms with Crippen molar-refractivity contribution >= 4 is 12.1 Å². The zero-order chi connectivity index (χ0) is 17.1. The molecule has 1 aliphatic heterocycles. The number of ether oxygens (including phenoxy) is 1. The Bertz CT molecular complexity index is 728. The lowest BCUT2D eigenvalue weighted by Crippen LogP contribution is -2.30. The number of carboxylic acid groups (broad SMARTS) is 1. The van der Waals surface area contributed by atoms with Crippen molar-refractivity contribution in [2.24, 2.45) is 13.0 Å². The molecule has 1 fully saturated rings. The van der Waals surface area contributed by atoms with Crippen LogP contribution in [0.3, 0.4) is 0 Å². The molecule has 24 heavy (non-hydrogen) atoms. The van der Waals surface area contributed by atoms with Crippen molar-refractivity contribution < 1.29 is 19.4 Å². The lowest BCUT2D eigenvalue weighted by molar-refractivity contribution is -0.141. The Kier molecular flexibility index (Phi) is 4.50. The van der Waals surface area contributed by atoms with Gasteiger partial charge in [-0.15, -0.1) is 0 Å². The molecule has 1 saturated heterocycles. The molecule has 126 valence electrons. The van der Waals surface area contributed by atoms with Crippen molar-refractivity contribution in [2.45, 2.75) is 12.5 Å². The van der Waals surface area contributed by atoms with E-state index in [1.165, 1.54) is 4.90 Å². The molecule has 0 saturated carbocycles. The first-order valence-electron chi connectivity index (χ1n) is 7.71.